The topological polar surface area (TPSA) is 68.7 Å². The molecule has 2 N–H and O–H groups in total. The van der Waals surface area contributed by atoms with Gasteiger partial charge in [-0.1, -0.05) is 18.2 Å². The third-order valence-electron chi connectivity index (χ3n) is 3.82. The van der Waals surface area contributed by atoms with Crippen LogP contribution >= 0.6 is 0 Å². The van der Waals surface area contributed by atoms with E-state index >= 15 is 0 Å². The summed E-state index contributed by atoms with van der Waals surface area (Å²) in [6, 6.07) is 7.49. The fourth-order valence-corrected chi connectivity index (χ4v) is 2.85. The molecule has 1 aromatic carbocycles. The highest BCUT2D eigenvalue weighted by molar-refractivity contribution is 5.82. The van der Waals surface area contributed by atoms with E-state index in [4.69, 9.17) is 14.9 Å². The Balaban J connectivity index is 1.87. The van der Waals surface area contributed by atoms with Crippen LogP contribution in [0.3, 0.4) is 0 Å². The molecule has 0 aliphatic carbocycles. The van der Waals surface area contributed by atoms with E-state index in [0.717, 1.165) is 16.5 Å². The number of nitrogens with two attached hydrogens (primary N) is 1. The molecule has 0 radical (unpaired) electrons. The fourth-order valence-electron chi connectivity index (χ4n) is 2.85. The van der Waals surface area contributed by atoms with Crippen molar-refractivity contribution in [3.05, 3.63) is 36.1 Å². The first-order valence-electron chi connectivity index (χ1n) is 6.77. The van der Waals surface area contributed by atoms with Crippen molar-refractivity contribution in [1.29, 1.82) is 0 Å². The lowest BCUT2D eigenvalue weighted by Crippen LogP contribution is -2.56. The van der Waals surface area contributed by atoms with Crippen molar-refractivity contribution < 1.29 is 13.9 Å². The van der Waals surface area contributed by atoms with Crippen molar-refractivity contribution in [2.75, 3.05) is 13.2 Å². The number of carbonyl (C=O) groups is 1. The number of amides is 1. The zero-order chi connectivity index (χ0) is 14.1. The quantitative estimate of drug-likeness (QED) is 0.921. The van der Waals surface area contributed by atoms with Crippen LogP contribution in [-0.4, -0.2) is 36.1 Å². The summed E-state index contributed by atoms with van der Waals surface area (Å²) in [6.07, 6.45) is 1.57. The number of primary amides is 1. The van der Waals surface area contributed by atoms with Gasteiger partial charge >= 0.3 is 0 Å². The lowest BCUT2D eigenvalue weighted by Gasteiger charge is -2.37. The molecule has 1 aliphatic heterocycles. The predicted molar refractivity (Wildman–Crippen MR) is 75.0 cm³/mol. The molecule has 0 bridgehead atoms. The minimum atomic E-state index is -0.391. The van der Waals surface area contributed by atoms with Gasteiger partial charge in [0, 0.05) is 24.0 Å². The van der Waals surface area contributed by atoms with Gasteiger partial charge in [0.05, 0.1) is 19.0 Å². The Kier molecular flexibility index (Phi) is 3.46. The van der Waals surface area contributed by atoms with Gasteiger partial charge in [-0.25, -0.2) is 0 Å². The molecule has 0 spiro atoms. The molecule has 2 atom stereocenters. The Bertz CT molecular complexity index is 622. The third kappa shape index (κ3) is 2.30. The second-order valence-electron chi connectivity index (χ2n) is 5.15. The zero-order valence-electron chi connectivity index (χ0n) is 11.4. The SMILES string of the molecule is C[C@H]1OCCN(Cc2coc3ccccc23)[C@@H]1C(N)=O. The molecule has 0 unspecified atom stereocenters. The Morgan fingerprint density at radius 3 is 3.05 bits per heavy atom. The number of nitrogens with zero attached hydrogens (tertiary/aromatic N) is 1. The Morgan fingerprint density at radius 1 is 1.45 bits per heavy atom. The second kappa shape index (κ2) is 5.26. The van der Waals surface area contributed by atoms with E-state index in [1.54, 1.807) is 6.26 Å². The van der Waals surface area contributed by atoms with Crippen molar-refractivity contribution in [2.45, 2.75) is 25.6 Å². The number of benzene rings is 1. The summed E-state index contributed by atoms with van der Waals surface area (Å²) in [4.78, 5) is 13.7. The first-order valence-corrected chi connectivity index (χ1v) is 6.77. The molecule has 3 rings (SSSR count). The van der Waals surface area contributed by atoms with Gasteiger partial charge in [0.15, 0.2) is 0 Å². The lowest BCUT2D eigenvalue weighted by atomic mass is 10.1. The molecular formula is C15H18N2O3. The molecule has 2 heterocycles. The van der Waals surface area contributed by atoms with Gasteiger partial charge in [-0.3, -0.25) is 9.69 Å². The Labute approximate surface area is 117 Å². The van der Waals surface area contributed by atoms with E-state index in [1.807, 2.05) is 31.2 Å². The van der Waals surface area contributed by atoms with Gasteiger partial charge in [0.1, 0.15) is 11.6 Å². The van der Waals surface area contributed by atoms with Crippen molar-refractivity contribution in [3.8, 4) is 0 Å². The maximum atomic E-state index is 11.6. The number of fused-ring (bicyclic) bond motifs is 1. The first kappa shape index (κ1) is 13.1. The van der Waals surface area contributed by atoms with Crippen molar-refractivity contribution in [1.82, 2.24) is 4.90 Å². The number of hydrogen-bond donors (Lipinski definition) is 1. The molecule has 1 aromatic heterocycles. The second-order valence-corrected chi connectivity index (χ2v) is 5.15. The maximum Gasteiger partial charge on any atom is 0.237 e. The normalized spacial score (nSPS) is 24.1. The Hall–Kier alpha value is -1.85. The molecule has 2 aromatic rings. The number of para-hydroxylation sites is 1. The highest BCUT2D eigenvalue weighted by Gasteiger charge is 2.34. The minimum absolute atomic E-state index is 0.181. The van der Waals surface area contributed by atoms with E-state index in [-0.39, 0.29) is 12.0 Å². The zero-order valence-corrected chi connectivity index (χ0v) is 11.4. The van der Waals surface area contributed by atoms with Crippen molar-refractivity contribution in [3.63, 3.8) is 0 Å². The van der Waals surface area contributed by atoms with Crippen LogP contribution in [0.4, 0.5) is 0 Å². The van der Waals surface area contributed by atoms with E-state index in [0.29, 0.717) is 19.7 Å². The van der Waals surface area contributed by atoms with Gasteiger partial charge in [-0.2, -0.15) is 0 Å². The van der Waals surface area contributed by atoms with Gasteiger partial charge in [-0.05, 0) is 13.0 Å². The molecule has 0 saturated carbocycles. The molecule has 1 saturated heterocycles. The van der Waals surface area contributed by atoms with E-state index < -0.39 is 6.04 Å². The summed E-state index contributed by atoms with van der Waals surface area (Å²) in [7, 11) is 0. The van der Waals surface area contributed by atoms with Crippen molar-refractivity contribution in [2.24, 2.45) is 5.73 Å². The minimum Gasteiger partial charge on any atom is -0.464 e. The highest BCUT2D eigenvalue weighted by atomic mass is 16.5. The van der Waals surface area contributed by atoms with Crippen LogP contribution in [0.25, 0.3) is 11.0 Å². The molecule has 1 fully saturated rings. The van der Waals surface area contributed by atoms with E-state index in [1.165, 1.54) is 0 Å². The first-order chi connectivity index (χ1) is 9.66. The third-order valence-corrected chi connectivity index (χ3v) is 3.82. The number of morpholine rings is 1. The van der Waals surface area contributed by atoms with Crippen LogP contribution in [0.5, 0.6) is 0 Å². The standard InChI is InChI=1S/C15H18N2O3/c1-10-14(15(16)18)17(6-7-19-10)8-11-9-20-13-5-3-2-4-12(11)13/h2-5,9-10,14H,6-8H2,1H3,(H2,16,18)/t10-,14+/m1/s1. The van der Waals surface area contributed by atoms with Gasteiger partial charge in [-0.15, -0.1) is 0 Å². The summed E-state index contributed by atoms with van der Waals surface area (Å²) in [6.45, 7) is 3.82. The lowest BCUT2D eigenvalue weighted by molar-refractivity contribution is -0.136. The molecule has 106 valence electrons. The van der Waals surface area contributed by atoms with Crippen LogP contribution in [0.1, 0.15) is 12.5 Å². The smallest absolute Gasteiger partial charge is 0.237 e. The number of ether oxygens (including phenoxy) is 1. The number of furan rings is 1. The fraction of sp³-hybridized carbons (Fsp3) is 0.400. The van der Waals surface area contributed by atoms with Crippen molar-refractivity contribution >= 4 is 16.9 Å². The van der Waals surface area contributed by atoms with E-state index in [9.17, 15) is 4.79 Å². The highest BCUT2D eigenvalue weighted by Crippen LogP contribution is 2.24. The van der Waals surface area contributed by atoms with Crippen LogP contribution < -0.4 is 5.73 Å². The molecule has 20 heavy (non-hydrogen) atoms. The maximum absolute atomic E-state index is 11.6. The van der Waals surface area contributed by atoms with Gasteiger partial charge in [0.25, 0.3) is 0 Å². The molecule has 5 nitrogen and oxygen atoms in total. The van der Waals surface area contributed by atoms with Crippen LogP contribution in [-0.2, 0) is 16.1 Å². The largest absolute Gasteiger partial charge is 0.464 e. The summed E-state index contributed by atoms with van der Waals surface area (Å²) >= 11 is 0. The summed E-state index contributed by atoms with van der Waals surface area (Å²) in [5.74, 6) is -0.343. The number of carbonyl (C=O) groups excluding carboxylic acids is 1. The average molecular weight is 274 g/mol. The summed E-state index contributed by atoms with van der Waals surface area (Å²) in [5, 5.41) is 1.08. The average Bonchev–Trinajstić information content (AvgIpc) is 2.82. The van der Waals surface area contributed by atoms with Crippen LogP contribution in [0.15, 0.2) is 34.9 Å². The van der Waals surface area contributed by atoms with E-state index in [2.05, 4.69) is 4.90 Å². The summed E-state index contributed by atoms with van der Waals surface area (Å²) in [5.41, 5.74) is 7.44. The Morgan fingerprint density at radius 2 is 2.25 bits per heavy atom. The number of rotatable bonds is 3. The predicted octanol–water partition coefficient (Wildman–Crippen LogP) is 1.51. The molecular weight excluding hydrogens is 256 g/mol. The molecule has 1 aliphatic rings. The molecule has 1 amide bonds. The van der Waals surface area contributed by atoms with Crippen LogP contribution in [0.2, 0.25) is 0 Å². The van der Waals surface area contributed by atoms with Gasteiger partial charge in [0.2, 0.25) is 5.91 Å². The van der Waals surface area contributed by atoms with Crippen LogP contribution in [0, 0.1) is 0 Å². The van der Waals surface area contributed by atoms with Gasteiger partial charge < -0.3 is 14.9 Å². The molecule has 5 heteroatoms. The monoisotopic (exact) mass is 274 g/mol. The number of hydrogen-bond acceptors (Lipinski definition) is 4. The summed E-state index contributed by atoms with van der Waals surface area (Å²) < 4.78 is 11.1.